The lowest BCUT2D eigenvalue weighted by Gasteiger charge is -2.37. The van der Waals surface area contributed by atoms with E-state index in [1.54, 1.807) is 13.4 Å². The fourth-order valence-corrected chi connectivity index (χ4v) is 3.59. The summed E-state index contributed by atoms with van der Waals surface area (Å²) in [5, 5.41) is 1.06. The maximum atomic E-state index is 6.37. The topological polar surface area (TPSA) is 49.8 Å². The molecule has 5 heteroatoms. The number of aromatic nitrogens is 1. The van der Waals surface area contributed by atoms with Crippen LogP contribution < -0.4 is 0 Å². The molecule has 0 fully saturated rings. The Hall–Kier alpha value is -1.95. The second-order valence-corrected chi connectivity index (χ2v) is 6.80. The number of rotatable bonds is 4. The largest absolute Gasteiger partial charge is 0.464 e. The van der Waals surface area contributed by atoms with Crippen molar-refractivity contribution in [2.24, 2.45) is 5.92 Å². The van der Waals surface area contributed by atoms with Crippen LogP contribution in [0.25, 0.3) is 10.9 Å². The van der Waals surface area contributed by atoms with Crippen LogP contribution in [0.1, 0.15) is 37.8 Å². The van der Waals surface area contributed by atoms with Gasteiger partial charge in [0.05, 0.1) is 30.4 Å². The second-order valence-electron chi connectivity index (χ2n) is 6.80. The van der Waals surface area contributed by atoms with Gasteiger partial charge in [-0.15, -0.1) is 0 Å². The molecule has 0 aliphatic carbocycles. The molecule has 0 N–H and O–H groups in total. The van der Waals surface area contributed by atoms with E-state index in [9.17, 15) is 0 Å². The Labute approximate surface area is 147 Å². The van der Waals surface area contributed by atoms with E-state index in [0.29, 0.717) is 6.61 Å². The van der Waals surface area contributed by atoms with Gasteiger partial charge in [-0.1, -0.05) is 18.2 Å². The van der Waals surface area contributed by atoms with E-state index < -0.39 is 12.1 Å². The molecule has 1 aromatic carbocycles. The molecule has 3 atom stereocenters. The highest BCUT2D eigenvalue weighted by molar-refractivity contribution is 5.79. The van der Waals surface area contributed by atoms with Gasteiger partial charge in [0.1, 0.15) is 5.69 Å². The summed E-state index contributed by atoms with van der Waals surface area (Å²) < 4.78 is 23.9. The van der Waals surface area contributed by atoms with Crippen molar-refractivity contribution >= 4 is 10.9 Å². The first-order chi connectivity index (χ1) is 12.1. The molecule has 0 saturated carbocycles. The molecule has 1 unspecified atom stereocenters. The lowest BCUT2D eigenvalue weighted by Crippen LogP contribution is -2.41. The van der Waals surface area contributed by atoms with Crippen molar-refractivity contribution in [2.75, 3.05) is 13.7 Å². The third-order valence-electron chi connectivity index (χ3n) is 4.68. The predicted molar refractivity (Wildman–Crippen MR) is 93.7 cm³/mol. The van der Waals surface area contributed by atoms with Gasteiger partial charge in [-0.3, -0.25) is 0 Å². The summed E-state index contributed by atoms with van der Waals surface area (Å²) in [6, 6.07) is 10.2. The van der Waals surface area contributed by atoms with Gasteiger partial charge in [0.25, 0.3) is 5.79 Å². The normalized spacial score (nSPS) is 27.8. The smallest absolute Gasteiger partial charge is 0.261 e. The lowest BCUT2D eigenvalue weighted by atomic mass is 9.90. The molecule has 2 aromatic rings. The minimum absolute atomic E-state index is 0.00988. The van der Waals surface area contributed by atoms with Crippen LogP contribution in [-0.2, 0) is 24.7 Å². The Morgan fingerprint density at radius 1 is 1.32 bits per heavy atom. The Balaban J connectivity index is 1.88. The highest BCUT2D eigenvalue weighted by Crippen LogP contribution is 2.51. The zero-order chi connectivity index (χ0) is 17.4. The summed E-state index contributed by atoms with van der Waals surface area (Å²) in [5.74, 6) is -0.959. The number of methoxy groups -OCH3 is 1. The third-order valence-corrected chi connectivity index (χ3v) is 4.68. The first kappa shape index (κ1) is 16.5. The molecule has 2 aliphatic heterocycles. The summed E-state index contributed by atoms with van der Waals surface area (Å²) in [6.45, 7) is 4.51. The Morgan fingerprint density at radius 3 is 2.96 bits per heavy atom. The highest BCUT2D eigenvalue weighted by Gasteiger charge is 2.55. The van der Waals surface area contributed by atoms with E-state index in [1.807, 2.05) is 44.2 Å². The first-order valence-corrected chi connectivity index (χ1v) is 8.69. The van der Waals surface area contributed by atoms with Gasteiger partial charge in [0, 0.05) is 18.1 Å². The minimum Gasteiger partial charge on any atom is -0.464 e. The Kier molecular flexibility index (Phi) is 4.23. The summed E-state index contributed by atoms with van der Waals surface area (Å²) >= 11 is 0. The second kappa shape index (κ2) is 6.41. The number of allylic oxidation sites excluding steroid dienone is 1. The van der Waals surface area contributed by atoms with Crippen molar-refractivity contribution in [3.8, 4) is 0 Å². The van der Waals surface area contributed by atoms with Gasteiger partial charge < -0.3 is 18.9 Å². The predicted octanol–water partition coefficient (Wildman–Crippen LogP) is 4.04. The lowest BCUT2D eigenvalue weighted by molar-refractivity contribution is -0.321. The molecule has 132 valence electrons. The summed E-state index contributed by atoms with van der Waals surface area (Å²) in [6.07, 6.45) is 4.02. The minimum atomic E-state index is -0.969. The number of para-hydroxylation sites is 1. The monoisotopic (exact) mass is 341 g/mol. The van der Waals surface area contributed by atoms with Gasteiger partial charge in [-0.25, -0.2) is 4.98 Å². The molecule has 3 heterocycles. The molecular weight excluding hydrogens is 318 g/mol. The molecule has 0 radical (unpaired) electrons. The van der Waals surface area contributed by atoms with Crippen LogP contribution in [0.2, 0.25) is 0 Å². The molecule has 1 spiro atoms. The Bertz CT molecular complexity index is 803. The molecule has 4 rings (SSSR count). The van der Waals surface area contributed by atoms with Crippen molar-refractivity contribution in [3.05, 3.63) is 53.9 Å². The highest BCUT2D eigenvalue weighted by atomic mass is 16.8. The molecule has 0 saturated heterocycles. The van der Waals surface area contributed by atoms with Crippen LogP contribution in [0.4, 0.5) is 0 Å². The summed E-state index contributed by atoms with van der Waals surface area (Å²) in [5.41, 5.74) is 2.65. The molecule has 25 heavy (non-hydrogen) atoms. The van der Waals surface area contributed by atoms with Crippen molar-refractivity contribution in [1.82, 2.24) is 4.98 Å². The van der Waals surface area contributed by atoms with Gasteiger partial charge in [-0.2, -0.15) is 0 Å². The van der Waals surface area contributed by atoms with Gasteiger partial charge in [0.15, 0.2) is 6.29 Å². The number of fused-ring (bicyclic) bond motifs is 3. The van der Waals surface area contributed by atoms with Crippen molar-refractivity contribution in [2.45, 2.75) is 38.4 Å². The van der Waals surface area contributed by atoms with Gasteiger partial charge >= 0.3 is 0 Å². The maximum Gasteiger partial charge on any atom is 0.261 e. The first-order valence-electron chi connectivity index (χ1n) is 8.69. The number of hydrogen-bond acceptors (Lipinski definition) is 5. The molecule has 0 amide bonds. The van der Waals surface area contributed by atoms with E-state index in [4.69, 9.17) is 23.9 Å². The molecule has 0 bridgehead atoms. The maximum absolute atomic E-state index is 6.37. The Morgan fingerprint density at radius 2 is 2.16 bits per heavy atom. The standard InChI is InChI=1S/C20H23NO4/c1-13(2)24-19-16-11-14-7-4-5-9-17(14)21-18(16)20(25-19)15(12-22-3)8-6-10-23-20/h4-7,9-11,13,15,19H,8,12H2,1-3H3/t15?,19-,20-/m0/s1. The number of pyridine rings is 1. The average molecular weight is 341 g/mol. The van der Waals surface area contributed by atoms with E-state index in [2.05, 4.69) is 6.07 Å². The van der Waals surface area contributed by atoms with E-state index in [0.717, 1.165) is 28.6 Å². The van der Waals surface area contributed by atoms with Gasteiger partial charge in [0.2, 0.25) is 0 Å². The van der Waals surface area contributed by atoms with Crippen LogP contribution in [0.5, 0.6) is 0 Å². The average Bonchev–Trinajstić information content (AvgIpc) is 2.88. The molecule has 5 nitrogen and oxygen atoms in total. The summed E-state index contributed by atoms with van der Waals surface area (Å²) in [4.78, 5) is 4.90. The zero-order valence-corrected chi connectivity index (χ0v) is 14.8. The number of nitrogens with zero attached hydrogens (tertiary/aromatic N) is 1. The van der Waals surface area contributed by atoms with Crippen molar-refractivity contribution in [1.29, 1.82) is 0 Å². The van der Waals surface area contributed by atoms with Crippen LogP contribution in [0.3, 0.4) is 0 Å². The van der Waals surface area contributed by atoms with Crippen LogP contribution in [-0.4, -0.2) is 24.8 Å². The third kappa shape index (κ3) is 2.72. The van der Waals surface area contributed by atoms with Gasteiger partial charge in [-0.05, 0) is 38.5 Å². The molecule has 1 aromatic heterocycles. The van der Waals surface area contributed by atoms with E-state index in [1.165, 1.54) is 0 Å². The van der Waals surface area contributed by atoms with E-state index >= 15 is 0 Å². The number of benzene rings is 1. The molecular formula is C20H23NO4. The number of hydrogen-bond donors (Lipinski definition) is 0. The molecule has 2 aliphatic rings. The SMILES string of the molecule is COCC1CC=CO[C@]12O[C@H](OC(C)C)c1cc3ccccc3nc12. The van der Waals surface area contributed by atoms with Crippen LogP contribution in [0, 0.1) is 5.92 Å². The van der Waals surface area contributed by atoms with E-state index in [-0.39, 0.29) is 12.0 Å². The van der Waals surface area contributed by atoms with Crippen LogP contribution in [0.15, 0.2) is 42.7 Å². The van der Waals surface area contributed by atoms with Crippen molar-refractivity contribution in [3.63, 3.8) is 0 Å². The quantitative estimate of drug-likeness (QED) is 0.840. The fourth-order valence-electron chi connectivity index (χ4n) is 3.59. The van der Waals surface area contributed by atoms with Crippen LogP contribution >= 0.6 is 0 Å². The fraction of sp³-hybridized carbons (Fsp3) is 0.450. The summed E-state index contributed by atoms with van der Waals surface area (Å²) in [7, 11) is 1.69. The number of ether oxygens (including phenoxy) is 4. The zero-order valence-electron chi connectivity index (χ0n) is 14.8. The van der Waals surface area contributed by atoms with Crippen molar-refractivity contribution < 1.29 is 18.9 Å².